The molecule has 0 saturated carbocycles. The summed E-state index contributed by atoms with van der Waals surface area (Å²) in [5.74, 6) is -0.0950. The SMILES string of the molecule is CCOc1ccc([C@H]2/C(=C(\O)c3ccc(OC)cc3C)C(=O)C(=O)N2CCCN(C)C)cc1. The number of hydrogen-bond acceptors (Lipinski definition) is 6. The molecule has 7 heteroatoms. The number of nitrogens with zero attached hydrogens (tertiary/aromatic N) is 2. The molecule has 0 aromatic heterocycles. The van der Waals surface area contributed by atoms with Gasteiger partial charge in [-0.05, 0) is 82.4 Å². The second kappa shape index (κ2) is 10.5. The zero-order chi connectivity index (χ0) is 24.1. The summed E-state index contributed by atoms with van der Waals surface area (Å²) in [6.45, 7) is 5.45. The van der Waals surface area contributed by atoms with Crippen molar-refractivity contribution in [3.63, 3.8) is 0 Å². The zero-order valence-corrected chi connectivity index (χ0v) is 19.9. The molecule has 1 fully saturated rings. The number of ether oxygens (including phenoxy) is 2. The lowest BCUT2D eigenvalue weighted by Gasteiger charge is -2.26. The number of ketones is 1. The predicted octanol–water partition coefficient (Wildman–Crippen LogP) is 3.78. The van der Waals surface area contributed by atoms with Gasteiger partial charge in [0.2, 0.25) is 0 Å². The molecule has 1 aliphatic rings. The standard InChI is InChI=1S/C26H32N2O5/c1-6-33-19-10-8-18(9-11-19)23-22(24(29)21-13-12-20(32-5)16-17(21)2)25(30)26(31)28(23)15-7-14-27(3)4/h8-13,16,23,29H,6-7,14-15H2,1-5H3/b24-22+/t23-/m0/s1. The smallest absolute Gasteiger partial charge is 0.295 e. The molecule has 7 nitrogen and oxygen atoms in total. The van der Waals surface area contributed by atoms with Gasteiger partial charge in [0, 0.05) is 12.1 Å². The molecule has 176 valence electrons. The zero-order valence-electron chi connectivity index (χ0n) is 19.9. The van der Waals surface area contributed by atoms with Gasteiger partial charge in [0.05, 0.1) is 25.3 Å². The number of hydrogen-bond donors (Lipinski definition) is 1. The van der Waals surface area contributed by atoms with Crippen LogP contribution >= 0.6 is 0 Å². The average Bonchev–Trinajstić information content (AvgIpc) is 3.04. The summed E-state index contributed by atoms with van der Waals surface area (Å²) in [7, 11) is 5.49. The van der Waals surface area contributed by atoms with Crippen LogP contribution in [-0.4, -0.2) is 67.5 Å². The maximum absolute atomic E-state index is 13.1. The number of aliphatic hydroxyl groups excluding tert-OH is 1. The van der Waals surface area contributed by atoms with Crippen molar-refractivity contribution in [1.29, 1.82) is 0 Å². The van der Waals surface area contributed by atoms with Gasteiger partial charge in [0.25, 0.3) is 11.7 Å². The first-order chi connectivity index (χ1) is 15.8. The van der Waals surface area contributed by atoms with Crippen molar-refractivity contribution in [2.75, 3.05) is 40.9 Å². The van der Waals surface area contributed by atoms with Gasteiger partial charge in [-0.15, -0.1) is 0 Å². The normalized spacial score (nSPS) is 17.6. The highest BCUT2D eigenvalue weighted by Crippen LogP contribution is 2.40. The van der Waals surface area contributed by atoms with Crippen molar-refractivity contribution in [2.24, 2.45) is 0 Å². The molecule has 1 amide bonds. The monoisotopic (exact) mass is 452 g/mol. The number of carbonyl (C=O) groups excluding carboxylic acids is 2. The van der Waals surface area contributed by atoms with E-state index in [1.54, 1.807) is 30.2 Å². The summed E-state index contributed by atoms with van der Waals surface area (Å²) in [6, 6.07) is 11.9. The van der Waals surface area contributed by atoms with Crippen molar-refractivity contribution in [1.82, 2.24) is 9.80 Å². The van der Waals surface area contributed by atoms with Crippen LogP contribution in [0.15, 0.2) is 48.0 Å². The molecular formula is C26H32N2O5. The molecule has 33 heavy (non-hydrogen) atoms. The molecule has 1 aliphatic heterocycles. The van der Waals surface area contributed by atoms with Gasteiger partial charge < -0.3 is 24.4 Å². The summed E-state index contributed by atoms with van der Waals surface area (Å²) >= 11 is 0. The van der Waals surface area contributed by atoms with Crippen LogP contribution in [0.2, 0.25) is 0 Å². The maximum atomic E-state index is 13.1. The van der Waals surface area contributed by atoms with Crippen LogP contribution in [0.4, 0.5) is 0 Å². The Morgan fingerprint density at radius 2 is 1.76 bits per heavy atom. The van der Waals surface area contributed by atoms with Crippen molar-refractivity contribution in [2.45, 2.75) is 26.3 Å². The first kappa shape index (κ1) is 24.3. The van der Waals surface area contributed by atoms with Gasteiger partial charge in [-0.1, -0.05) is 12.1 Å². The van der Waals surface area contributed by atoms with Gasteiger partial charge in [-0.2, -0.15) is 0 Å². The third-order valence-corrected chi connectivity index (χ3v) is 5.74. The Hall–Kier alpha value is -3.32. The molecular weight excluding hydrogens is 420 g/mol. The lowest BCUT2D eigenvalue weighted by atomic mass is 9.93. The van der Waals surface area contributed by atoms with Gasteiger partial charge in [0.15, 0.2) is 0 Å². The fraction of sp³-hybridized carbons (Fsp3) is 0.385. The highest BCUT2D eigenvalue weighted by molar-refractivity contribution is 6.46. The number of methoxy groups -OCH3 is 1. The number of aliphatic hydroxyl groups is 1. The number of carbonyl (C=O) groups is 2. The number of Topliss-reactive ketones (excluding diaryl/α,β-unsaturated/α-hetero) is 1. The van der Waals surface area contributed by atoms with Crippen LogP contribution in [-0.2, 0) is 9.59 Å². The van der Waals surface area contributed by atoms with Crippen LogP contribution in [0.25, 0.3) is 5.76 Å². The number of rotatable bonds is 9. The molecule has 0 unspecified atom stereocenters. The van der Waals surface area contributed by atoms with Gasteiger partial charge >= 0.3 is 0 Å². The first-order valence-electron chi connectivity index (χ1n) is 11.1. The van der Waals surface area contributed by atoms with E-state index in [2.05, 4.69) is 0 Å². The van der Waals surface area contributed by atoms with E-state index >= 15 is 0 Å². The van der Waals surface area contributed by atoms with Crippen molar-refractivity contribution >= 4 is 17.4 Å². The fourth-order valence-electron chi connectivity index (χ4n) is 4.10. The van der Waals surface area contributed by atoms with Crippen LogP contribution in [0, 0.1) is 6.92 Å². The molecule has 0 radical (unpaired) electrons. The van der Waals surface area contributed by atoms with Crippen molar-refractivity contribution in [3.8, 4) is 11.5 Å². The lowest BCUT2D eigenvalue weighted by molar-refractivity contribution is -0.139. The van der Waals surface area contributed by atoms with Crippen molar-refractivity contribution < 1.29 is 24.2 Å². The molecule has 2 aromatic carbocycles. The summed E-state index contributed by atoms with van der Waals surface area (Å²) < 4.78 is 10.8. The van der Waals surface area contributed by atoms with Crippen LogP contribution in [0.1, 0.15) is 36.1 Å². The Morgan fingerprint density at radius 1 is 1.09 bits per heavy atom. The molecule has 1 N–H and O–H groups in total. The quantitative estimate of drug-likeness (QED) is 0.354. The van der Waals surface area contributed by atoms with Gasteiger partial charge in [-0.3, -0.25) is 9.59 Å². The number of likely N-dealkylation sites (tertiary alicyclic amines) is 1. The van der Waals surface area contributed by atoms with Crippen LogP contribution in [0.5, 0.6) is 11.5 Å². The van der Waals surface area contributed by atoms with E-state index < -0.39 is 17.7 Å². The molecule has 0 bridgehead atoms. The summed E-state index contributed by atoms with van der Waals surface area (Å²) in [5.41, 5.74) is 2.09. The third kappa shape index (κ3) is 5.20. The summed E-state index contributed by atoms with van der Waals surface area (Å²) in [4.78, 5) is 29.8. The van der Waals surface area contributed by atoms with E-state index in [4.69, 9.17) is 9.47 Å². The van der Waals surface area contributed by atoms with Crippen molar-refractivity contribution in [3.05, 3.63) is 64.7 Å². The number of aryl methyl sites for hydroxylation is 1. The molecule has 1 heterocycles. The fourth-order valence-corrected chi connectivity index (χ4v) is 4.10. The molecule has 0 spiro atoms. The lowest BCUT2D eigenvalue weighted by Crippen LogP contribution is -2.32. The van der Waals surface area contributed by atoms with E-state index in [1.165, 1.54) is 0 Å². The minimum Gasteiger partial charge on any atom is -0.507 e. The average molecular weight is 453 g/mol. The van der Waals surface area contributed by atoms with Crippen LogP contribution in [0.3, 0.4) is 0 Å². The molecule has 1 saturated heterocycles. The second-order valence-corrected chi connectivity index (χ2v) is 8.33. The predicted molar refractivity (Wildman–Crippen MR) is 128 cm³/mol. The molecule has 0 aliphatic carbocycles. The Labute approximate surface area is 195 Å². The summed E-state index contributed by atoms with van der Waals surface area (Å²) in [5, 5.41) is 11.3. The van der Waals surface area contributed by atoms with E-state index in [1.807, 2.05) is 57.1 Å². The van der Waals surface area contributed by atoms with E-state index in [0.717, 1.165) is 17.7 Å². The van der Waals surface area contributed by atoms with Gasteiger partial charge in [-0.25, -0.2) is 0 Å². The number of amides is 1. The topological polar surface area (TPSA) is 79.3 Å². The summed E-state index contributed by atoms with van der Waals surface area (Å²) in [6.07, 6.45) is 0.704. The second-order valence-electron chi connectivity index (χ2n) is 8.33. The Morgan fingerprint density at radius 3 is 2.33 bits per heavy atom. The molecule has 1 atom stereocenters. The van der Waals surface area contributed by atoms with E-state index in [-0.39, 0.29) is 11.3 Å². The largest absolute Gasteiger partial charge is 0.507 e. The third-order valence-electron chi connectivity index (χ3n) is 5.74. The minimum absolute atomic E-state index is 0.0993. The Balaban J connectivity index is 2.09. The van der Waals surface area contributed by atoms with E-state index in [0.29, 0.717) is 36.6 Å². The highest BCUT2D eigenvalue weighted by Gasteiger charge is 2.45. The highest BCUT2D eigenvalue weighted by atomic mass is 16.5. The maximum Gasteiger partial charge on any atom is 0.295 e. The first-order valence-corrected chi connectivity index (χ1v) is 11.1. The van der Waals surface area contributed by atoms with Crippen LogP contribution < -0.4 is 9.47 Å². The Kier molecular flexibility index (Phi) is 7.76. The minimum atomic E-state index is -0.677. The van der Waals surface area contributed by atoms with E-state index in [9.17, 15) is 14.7 Å². The molecule has 2 aromatic rings. The number of benzene rings is 2. The Bertz CT molecular complexity index is 1040. The van der Waals surface area contributed by atoms with Gasteiger partial charge in [0.1, 0.15) is 17.3 Å². The molecule has 3 rings (SSSR count).